The molecule has 6 nitrogen and oxygen atoms in total. The third kappa shape index (κ3) is 4.18. The lowest BCUT2D eigenvalue weighted by Crippen LogP contribution is -2.51. The molecule has 0 saturated heterocycles. The Balaban J connectivity index is 4.07. The summed E-state index contributed by atoms with van der Waals surface area (Å²) < 4.78 is 0. The van der Waals surface area contributed by atoms with E-state index in [9.17, 15) is 4.79 Å². The van der Waals surface area contributed by atoms with Gasteiger partial charge in [0.05, 0.1) is 0 Å². The standard InChI is InChI=1S/C9H18N4O2/c1-3-9(4-2,8(14)15)11-6-5-7-12-13-10/h11H,3-7H2,1-2H3,(H,14,15). The third-order valence-corrected chi connectivity index (χ3v) is 2.58. The van der Waals surface area contributed by atoms with Gasteiger partial charge in [-0.3, -0.25) is 4.79 Å². The molecule has 0 rings (SSSR count). The minimum Gasteiger partial charge on any atom is -0.480 e. The van der Waals surface area contributed by atoms with E-state index < -0.39 is 11.5 Å². The van der Waals surface area contributed by atoms with Crippen molar-refractivity contribution in [2.45, 2.75) is 38.6 Å². The second kappa shape index (κ2) is 7.09. The number of hydrogen-bond acceptors (Lipinski definition) is 3. The number of hydrogen-bond donors (Lipinski definition) is 2. The monoisotopic (exact) mass is 214 g/mol. The van der Waals surface area contributed by atoms with E-state index in [2.05, 4.69) is 15.3 Å². The van der Waals surface area contributed by atoms with Crippen LogP contribution in [-0.2, 0) is 4.79 Å². The Hall–Kier alpha value is -1.26. The first-order valence-corrected chi connectivity index (χ1v) is 5.12. The van der Waals surface area contributed by atoms with Gasteiger partial charge >= 0.3 is 5.97 Å². The summed E-state index contributed by atoms with van der Waals surface area (Å²) in [6, 6.07) is 0. The van der Waals surface area contributed by atoms with Crippen molar-refractivity contribution in [1.29, 1.82) is 0 Å². The van der Waals surface area contributed by atoms with Gasteiger partial charge in [0.1, 0.15) is 5.54 Å². The van der Waals surface area contributed by atoms with Crippen LogP contribution in [-0.4, -0.2) is 29.7 Å². The molecule has 0 saturated carbocycles. The number of carboxylic acid groups (broad SMARTS) is 1. The summed E-state index contributed by atoms with van der Waals surface area (Å²) >= 11 is 0. The van der Waals surface area contributed by atoms with Gasteiger partial charge in [0.2, 0.25) is 0 Å². The molecule has 0 atom stereocenters. The molecule has 86 valence electrons. The van der Waals surface area contributed by atoms with Crippen molar-refractivity contribution in [1.82, 2.24) is 5.32 Å². The molecular formula is C9H18N4O2. The molecule has 2 N–H and O–H groups in total. The molecule has 0 bridgehead atoms. The quantitative estimate of drug-likeness (QED) is 0.279. The number of nitrogens with one attached hydrogen (secondary N) is 1. The smallest absolute Gasteiger partial charge is 0.323 e. The summed E-state index contributed by atoms with van der Waals surface area (Å²) in [5, 5.41) is 15.5. The van der Waals surface area contributed by atoms with Crippen LogP contribution in [0.5, 0.6) is 0 Å². The number of nitrogens with zero attached hydrogens (tertiary/aromatic N) is 3. The molecule has 0 unspecified atom stereocenters. The minimum atomic E-state index is -0.837. The normalized spacial score (nSPS) is 10.8. The van der Waals surface area contributed by atoms with E-state index in [0.717, 1.165) is 0 Å². The SMILES string of the molecule is CCC(CC)(NCCCN=[N+]=[N-])C(=O)O. The van der Waals surface area contributed by atoms with Crippen molar-refractivity contribution in [3.63, 3.8) is 0 Å². The largest absolute Gasteiger partial charge is 0.480 e. The Kier molecular flexibility index (Phi) is 6.49. The highest BCUT2D eigenvalue weighted by molar-refractivity contribution is 5.78. The molecule has 0 aliphatic carbocycles. The van der Waals surface area contributed by atoms with E-state index in [1.807, 2.05) is 13.8 Å². The average Bonchev–Trinajstić information content (AvgIpc) is 2.23. The zero-order valence-corrected chi connectivity index (χ0v) is 9.23. The first kappa shape index (κ1) is 13.7. The summed E-state index contributed by atoms with van der Waals surface area (Å²) in [5.74, 6) is -0.823. The minimum absolute atomic E-state index is 0.395. The van der Waals surface area contributed by atoms with Crippen LogP contribution in [0.4, 0.5) is 0 Å². The van der Waals surface area contributed by atoms with Gasteiger partial charge in [0, 0.05) is 11.5 Å². The summed E-state index contributed by atoms with van der Waals surface area (Å²) in [6.07, 6.45) is 1.74. The lowest BCUT2D eigenvalue weighted by molar-refractivity contribution is -0.145. The summed E-state index contributed by atoms with van der Waals surface area (Å²) in [7, 11) is 0. The van der Waals surface area contributed by atoms with Gasteiger partial charge < -0.3 is 10.4 Å². The maximum absolute atomic E-state index is 11.1. The molecular weight excluding hydrogens is 196 g/mol. The molecule has 0 amide bonds. The molecule has 15 heavy (non-hydrogen) atoms. The van der Waals surface area contributed by atoms with Crippen LogP contribution in [0.3, 0.4) is 0 Å². The molecule has 0 fully saturated rings. The van der Waals surface area contributed by atoms with E-state index in [0.29, 0.717) is 32.4 Å². The maximum Gasteiger partial charge on any atom is 0.323 e. The maximum atomic E-state index is 11.1. The van der Waals surface area contributed by atoms with Gasteiger partial charge in [-0.2, -0.15) is 0 Å². The predicted octanol–water partition coefficient (Wildman–Crippen LogP) is 1.92. The molecule has 0 spiro atoms. The fraction of sp³-hybridized carbons (Fsp3) is 0.889. The highest BCUT2D eigenvalue weighted by Gasteiger charge is 2.33. The van der Waals surface area contributed by atoms with E-state index in [-0.39, 0.29) is 0 Å². The van der Waals surface area contributed by atoms with Crippen LogP contribution in [0.25, 0.3) is 10.4 Å². The Morgan fingerprint density at radius 3 is 2.53 bits per heavy atom. The van der Waals surface area contributed by atoms with E-state index >= 15 is 0 Å². The number of carbonyl (C=O) groups is 1. The highest BCUT2D eigenvalue weighted by Crippen LogP contribution is 2.15. The van der Waals surface area contributed by atoms with Crippen molar-refractivity contribution in [2.24, 2.45) is 5.11 Å². The molecule has 0 aliphatic rings. The van der Waals surface area contributed by atoms with E-state index in [1.165, 1.54) is 0 Å². The van der Waals surface area contributed by atoms with E-state index in [1.54, 1.807) is 0 Å². The molecule has 6 heteroatoms. The van der Waals surface area contributed by atoms with Gasteiger partial charge in [-0.05, 0) is 31.3 Å². The van der Waals surface area contributed by atoms with E-state index in [4.69, 9.17) is 10.6 Å². The van der Waals surface area contributed by atoms with Gasteiger partial charge in [0.25, 0.3) is 0 Å². The van der Waals surface area contributed by atoms with Crippen LogP contribution in [0.2, 0.25) is 0 Å². The van der Waals surface area contributed by atoms with Crippen LogP contribution < -0.4 is 5.32 Å². The average molecular weight is 214 g/mol. The van der Waals surface area contributed by atoms with Crippen molar-refractivity contribution in [2.75, 3.05) is 13.1 Å². The second-order valence-corrected chi connectivity index (χ2v) is 3.33. The van der Waals surface area contributed by atoms with Crippen LogP contribution in [0.15, 0.2) is 5.11 Å². The second-order valence-electron chi connectivity index (χ2n) is 3.33. The molecule has 0 aromatic heterocycles. The predicted molar refractivity (Wildman–Crippen MR) is 57.6 cm³/mol. The third-order valence-electron chi connectivity index (χ3n) is 2.58. The van der Waals surface area contributed by atoms with Gasteiger partial charge in [-0.1, -0.05) is 19.0 Å². The zero-order chi connectivity index (χ0) is 11.7. The zero-order valence-electron chi connectivity index (χ0n) is 9.23. The van der Waals surface area contributed by atoms with Gasteiger partial charge in [-0.15, -0.1) is 0 Å². The van der Waals surface area contributed by atoms with Crippen molar-refractivity contribution in [3.05, 3.63) is 10.4 Å². The Morgan fingerprint density at radius 1 is 1.53 bits per heavy atom. The lowest BCUT2D eigenvalue weighted by Gasteiger charge is -2.28. The van der Waals surface area contributed by atoms with Crippen LogP contribution >= 0.6 is 0 Å². The fourth-order valence-corrected chi connectivity index (χ4v) is 1.40. The molecule has 0 radical (unpaired) electrons. The Labute approximate surface area is 89.3 Å². The molecule has 0 heterocycles. The fourth-order valence-electron chi connectivity index (χ4n) is 1.40. The number of azide groups is 1. The van der Waals surface area contributed by atoms with Crippen LogP contribution in [0, 0.1) is 0 Å². The summed E-state index contributed by atoms with van der Waals surface area (Å²) in [6.45, 7) is 4.63. The molecule has 0 aromatic carbocycles. The van der Waals surface area contributed by atoms with Gasteiger partial charge in [0.15, 0.2) is 0 Å². The Morgan fingerprint density at radius 2 is 2.13 bits per heavy atom. The van der Waals surface area contributed by atoms with Crippen molar-refractivity contribution < 1.29 is 9.90 Å². The van der Waals surface area contributed by atoms with Crippen molar-refractivity contribution >= 4 is 5.97 Å². The molecule has 0 aliphatic heterocycles. The highest BCUT2D eigenvalue weighted by atomic mass is 16.4. The lowest BCUT2D eigenvalue weighted by atomic mass is 9.93. The van der Waals surface area contributed by atoms with Gasteiger partial charge in [-0.25, -0.2) is 0 Å². The topological polar surface area (TPSA) is 98.1 Å². The summed E-state index contributed by atoms with van der Waals surface area (Å²) in [5.41, 5.74) is 7.21. The number of carboxylic acids is 1. The first-order chi connectivity index (χ1) is 7.13. The first-order valence-electron chi connectivity index (χ1n) is 5.12. The van der Waals surface area contributed by atoms with Crippen molar-refractivity contribution in [3.8, 4) is 0 Å². The summed E-state index contributed by atoms with van der Waals surface area (Å²) in [4.78, 5) is 13.7. The molecule has 0 aromatic rings. The number of aliphatic carboxylic acids is 1. The Bertz CT molecular complexity index is 244. The number of rotatable bonds is 8. The van der Waals surface area contributed by atoms with Crippen LogP contribution in [0.1, 0.15) is 33.1 Å².